The fourth-order valence-electron chi connectivity index (χ4n) is 3.51. The molecule has 1 amide bonds. The van der Waals surface area contributed by atoms with Crippen molar-refractivity contribution in [3.05, 3.63) is 65.9 Å². The van der Waals surface area contributed by atoms with Crippen LogP contribution >= 0.6 is 0 Å². The second-order valence-electron chi connectivity index (χ2n) is 7.99. The summed E-state index contributed by atoms with van der Waals surface area (Å²) in [7, 11) is 2.82. The first-order valence-electron chi connectivity index (χ1n) is 11.0. The molecule has 9 nitrogen and oxygen atoms in total. The number of benzene rings is 1. The van der Waals surface area contributed by atoms with Gasteiger partial charge in [0.15, 0.2) is 28.9 Å². The van der Waals surface area contributed by atoms with E-state index in [1.54, 1.807) is 0 Å². The largest absolute Gasteiger partial charge is 0.491 e. The van der Waals surface area contributed by atoms with Gasteiger partial charge < -0.3 is 24.3 Å². The summed E-state index contributed by atoms with van der Waals surface area (Å²) in [5.41, 5.74) is -0.222. The second-order valence-corrected chi connectivity index (χ2v) is 7.99. The summed E-state index contributed by atoms with van der Waals surface area (Å²) < 4.78 is 65.7. The summed E-state index contributed by atoms with van der Waals surface area (Å²) in [5.74, 6) is -4.60. The maximum Gasteiger partial charge on any atom is 0.264 e. The molecule has 3 heterocycles. The number of carbonyl (C=O) groups is 1. The molecule has 12 heteroatoms. The lowest BCUT2D eigenvalue weighted by Gasteiger charge is -2.14. The van der Waals surface area contributed by atoms with Crippen molar-refractivity contribution < 1.29 is 36.9 Å². The fraction of sp³-hybridized carbons (Fsp3) is 0.200. The first-order valence-corrected chi connectivity index (χ1v) is 11.0. The van der Waals surface area contributed by atoms with Gasteiger partial charge in [0.05, 0.1) is 25.8 Å². The van der Waals surface area contributed by atoms with Gasteiger partial charge in [-0.1, -0.05) is 0 Å². The first-order chi connectivity index (χ1) is 17.9. The molecule has 0 spiro atoms. The zero-order chi connectivity index (χ0) is 26.1. The number of amides is 1. The number of anilines is 1. The zero-order valence-electron chi connectivity index (χ0n) is 19.5. The quantitative estimate of drug-likeness (QED) is 0.327. The van der Waals surface area contributed by atoms with E-state index in [1.807, 2.05) is 0 Å². The molecule has 4 aromatic rings. The summed E-state index contributed by atoms with van der Waals surface area (Å²) in [5, 5.41) is 2.28. The van der Waals surface area contributed by atoms with Gasteiger partial charge in [-0.2, -0.15) is 4.39 Å². The molecule has 1 saturated carbocycles. The number of aromatic nitrogens is 3. The smallest absolute Gasteiger partial charge is 0.264 e. The minimum absolute atomic E-state index is 0.000152. The van der Waals surface area contributed by atoms with Crippen molar-refractivity contribution >= 4 is 22.6 Å². The summed E-state index contributed by atoms with van der Waals surface area (Å²) >= 11 is 0. The number of pyridine rings is 3. The van der Waals surface area contributed by atoms with E-state index in [2.05, 4.69) is 20.3 Å². The number of methoxy groups -OCH3 is 2. The topological polar surface area (TPSA) is 105 Å². The average Bonchev–Trinajstić information content (AvgIpc) is 3.69. The van der Waals surface area contributed by atoms with E-state index in [4.69, 9.17) is 18.9 Å². The number of ether oxygens (including phenoxy) is 4. The molecular formula is C25H19F3N4O5. The molecule has 5 rings (SSSR count). The Morgan fingerprint density at radius 1 is 0.946 bits per heavy atom. The molecule has 1 N–H and O–H groups in total. The third-order valence-corrected chi connectivity index (χ3v) is 5.40. The van der Waals surface area contributed by atoms with E-state index in [0.29, 0.717) is 11.3 Å². The van der Waals surface area contributed by atoms with Crippen LogP contribution in [0, 0.1) is 17.6 Å². The molecule has 0 saturated heterocycles. The van der Waals surface area contributed by atoms with Crippen molar-refractivity contribution in [3.63, 3.8) is 0 Å². The van der Waals surface area contributed by atoms with Gasteiger partial charge in [-0.3, -0.25) is 9.78 Å². The van der Waals surface area contributed by atoms with Gasteiger partial charge in [0.25, 0.3) is 11.8 Å². The number of halogens is 3. The molecule has 3 aromatic heterocycles. The monoisotopic (exact) mass is 512 g/mol. The second kappa shape index (κ2) is 9.80. The van der Waals surface area contributed by atoms with Crippen LogP contribution in [-0.2, 0) is 0 Å². The highest BCUT2D eigenvalue weighted by Gasteiger charge is 2.28. The molecule has 1 aromatic carbocycles. The third-order valence-electron chi connectivity index (χ3n) is 5.40. The Morgan fingerprint density at radius 2 is 1.65 bits per heavy atom. The summed E-state index contributed by atoms with van der Waals surface area (Å²) in [6.07, 6.45) is 3.99. The van der Waals surface area contributed by atoms with Gasteiger partial charge in [0.2, 0.25) is 5.95 Å². The highest BCUT2D eigenvalue weighted by molar-refractivity contribution is 6.06. The predicted molar refractivity (Wildman–Crippen MR) is 125 cm³/mol. The zero-order valence-corrected chi connectivity index (χ0v) is 19.5. The molecule has 0 bridgehead atoms. The van der Waals surface area contributed by atoms with Crippen molar-refractivity contribution in [2.75, 3.05) is 19.5 Å². The Morgan fingerprint density at radius 3 is 2.32 bits per heavy atom. The van der Waals surface area contributed by atoms with Crippen molar-refractivity contribution in [2.24, 2.45) is 0 Å². The van der Waals surface area contributed by atoms with Crippen LogP contribution in [-0.4, -0.2) is 41.2 Å². The molecule has 0 unspecified atom stereocenters. The average molecular weight is 512 g/mol. The minimum Gasteiger partial charge on any atom is -0.491 e. The van der Waals surface area contributed by atoms with Gasteiger partial charge in [0.1, 0.15) is 16.8 Å². The standard InChI is InChI=1S/C25H19F3N4O5/c1-34-19-11-16-21(32-25(19)35-2)18(6-7-29-16)37-22-14(26)9-12(10-15(22)27)31-24(33)20-17(36-13-3-4-13)5-8-30-23(20)28/h5-11,13H,3-4H2,1-2H3,(H,31,33). The number of rotatable bonds is 8. The summed E-state index contributed by atoms with van der Waals surface area (Å²) in [4.78, 5) is 24.6. The fourth-order valence-corrected chi connectivity index (χ4v) is 3.51. The van der Waals surface area contributed by atoms with Crippen LogP contribution in [0.5, 0.6) is 28.9 Å². The maximum absolute atomic E-state index is 14.9. The Bertz CT molecular complexity index is 1490. The van der Waals surface area contributed by atoms with Crippen LogP contribution in [0.1, 0.15) is 23.2 Å². The number of nitrogens with zero attached hydrogens (tertiary/aromatic N) is 3. The van der Waals surface area contributed by atoms with Gasteiger partial charge in [-0.15, -0.1) is 0 Å². The van der Waals surface area contributed by atoms with E-state index in [-0.39, 0.29) is 34.7 Å². The lowest BCUT2D eigenvalue weighted by atomic mass is 10.2. The molecule has 0 aliphatic heterocycles. The first kappa shape index (κ1) is 24.1. The van der Waals surface area contributed by atoms with E-state index in [0.717, 1.165) is 25.0 Å². The van der Waals surface area contributed by atoms with Crippen molar-refractivity contribution in [1.82, 2.24) is 15.0 Å². The maximum atomic E-state index is 14.9. The molecule has 1 aliphatic carbocycles. The van der Waals surface area contributed by atoms with E-state index in [9.17, 15) is 18.0 Å². The highest BCUT2D eigenvalue weighted by Crippen LogP contribution is 2.36. The lowest BCUT2D eigenvalue weighted by molar-refractivity contribution is 0.101. The lowest BCUT2D eigenvalue weighted by Crippen LogP contribution is -2.17. The molecule has 190 valence electrons. The van der Waals surface area contributed by atoms with Gasteiger partial charge in [-0.05, 0) is 18.9 Å². The van der Waals surface area contributed by atoms with Crippen molar-refractivity contribution in [2.45, 2.75) is 18.9 Å². The molecule has 0 atom stereocenters. The minimum atomic E-state index is -1.12. The van der Waals surface area contributed by atoms with Gasteiger partial charge in [0, 0.05) is 42.3 Å². The van der Waals surface area contributed by atoms with Crippen LogP contribution in [0.2, 0.25) is 0 Å². The summed E-state index contributed by atoms with van der Waals surface area (Å²) in [6.45, 7) is 0. The van der Waals surface area contributed by atoms with Crippen molar-refractivity contribution in [1.29, 1.82) is 0 Å². The SMILES string of the molecule is COc1cc2nccc(Oc3c(F)cc(NC(=O)c4c(OC5CC5)ccnc4F)cc3F)c2nc1OC. The van der Waals surface area contributed by atoms with Crippen molar-refractivity contribution in [3.8, 4) is 28.9 Å². The van der Waals surface area contributed by atoms with E-state index in [1.165, 1.54) is 44.8 Å². The number of fused-ring (bicyclic) bond motifs is 1. The van der Waals surface area contributed by atoms with Gasteiger partial charge in [-0.25, -0.2) is 18.7 Å². The van der Waals surface area contributed by atoms with Gasteiger partial charge >= 0.3 is 0 Å². The highest BCUT2D eigenvalue weighted by atomic mass is 19.1. The van der Waals surface area contributed by atoms with Crippen LogP contribution < -0.4 is 24.3 Å². The van der Waals surface area contributed by atoms with E-state index < -0.39 is 34.8 Å². The van der Waals surface area contributed by atoms with E-state index >= 15 is 0 Å². The Balaban J connectivity index is 1.42. The number of carbonyl (C=O) groups excluding carboxylic acids is 1. The molecular weight excluding hydrogens is 493 g/mol. The van der Waals surface area contributed by atoms with Crippen LogP contribution in [0.4, 0.5) is 18.9 Å². The Hall–Kier alpha value is -4.61. The number of hydrogen-bond donors (Lipinski definition) is 1. The Labute approximate surface area is 208 Å². The molecule has 37 heavy (non-hydrogen) atoms. The number of hydrogen-bond acceptors (Lipinski definition) is 8. The Kier molecular flexibility index (Phi) is 6.38. The molecule has 1 fully saturated rings. The van der Waals surface area contributed by atoms with Crippen LogP contribution in [0.25, 0.3) is 11.0 Å². The summed E-state index contributed by atoms with van der Waals surface area (Å²) in [6, 6.07) is 5.95. The number of nitrogens with one attached hydrogen (secondary N) is 1. The molecule has 1 aliphatic rings. The van der Waals surface area contributed by atoms with Crippen LogP contribution in [0.15, 0.2) is 42.7 Å². The molecule has 0 radical (unpaired) electrons. The normalized spacial score (nSPS) is 12.8. The van der Waals surface area contributed by atoms with Crippen LogP contribution in [0.3, 0.4) is 0 Å². The third kappa shape index (κ3) is 4.90. The predicted octanol–water partition coefficient (Wildman–Crippen LogP) is 5.05.